The highest BCUT2D eigenvalue weighted by atomic mass is 35.5. The molecule has 0 aliphatic carbocycles. The summed E-state index contributed by atoms with van der Waals surface area (Å²) in [6.07, 6.45) is 0.159. The molecule has 0 heterocycles. The molecular formula is C23H19Cl2N3O4. The number of hydrogen-bond donors (Lipinski definition) is 3. The Hall–Kier alpha value is -3.42. The minimum Gasteiger partial charge on any atom is -0.506 e. The zero-order chi connectivity index (χ0) is 23.3. The molecule has 1 atom stereocenters. The van der Waals surface area contributed by atoms with Crippen LogP contribution in [0.15, 0.2) is 65.8 Å². The van der Waals surface area contributed by atoms with Crippen molar-refractivity contribution in [3.05, 3.63) is 87.4 Å². The van der Waals surface area contributed by atoms with Crippen LogP contribution in [0.3, 0.4) is 0 Å². The van der Waals surface area contributed by atoms with Gasteiger partial charge in [0.05, 0.1) is 18.6 Å². The first-order valence-electron chi connectivity index (χ1n) is 9.44. The lowest BCUT2D eigenvalue weighted by Crippen LogP contribution is -2.15. The number of carbonyl (C=O) groups is 2. The maximum absolute atomic E-state index is 12.9. The summed E-state index contributed by atoms with van der Waals surface area (Å²) in [6, 6.07) is 14.5. The third-order valence-corrected chi connectivity index (χ3v) is 5.25. The molecule has 0 aliphatic heterocycles. The normalized spacial score (nSPS) is 11.5. The number of aromatic hydroxyl groups is 1. The summed E-state index contributed by atoms with van der Waals surface area (Å²) in [5, 5.41) is 16.4. The Bertz CT molecular complexity index is 1170. The van der Waals surface area contributed by atoms with E-state index in [1.807, 2.05) is 0 Å². The van der Waals surface area contributed by atoms with Crippen LogP contribution in [0.2, 0.25) is 10.0 Å². The molecule has 0 saturated carbocycles. The number of carbonyl (C=O) groups excluding carboxylic acids is 2. The van der Waals surface area contributed by atoms with Crippen LogP contribution in [-0.2, 0) is 11.2 Å². The quantitative estimate of drug-likeness (QED) is 0.282. The number of phenols is 1. The van der Waals surface area contributed by atoms with Gasteiger partial charge in [-0.3, -0.25) is 9.59 Å². The highest BCUT2D eigenvalue weighted by Gasteiger charge is 2.26. The first-order chi connectivity index (χ1) is 15.3. The molecule has 1 unspecified atom stereocenters. The molecule has 3 aromatic rings. The Labute approximate surface area is 194 Å². The SMILES string of the molecule is COc1cc(NC(=O)Cc2ccc(Cl)cc2)ccc1C(N=N)C(=O)c1ccc(O)c(Cl)c1. The molecular weight excluding hydrogens is 453 g/mol. The molecule has 3 N–H and O–H groups in total. The van der Waals surface area contributed by atoms with Gasteiger partial charge >= 0.3 is 0 Å². The number of hydrogen-bond acceptors (Lipinski definition) is 6. The lowest BCUT2D eigenvalue weighted by Gasteiger charge is -2.16. The summed E-state index contributed by atoms with van der Waals surface area (Å²) in [7, 11) is 1.42. The van der Waals surface area contributed by atoms with E-state index >= 15 is 0 Å². The van der Waals surface area contributed by atoms with E-state index in [0.29, 0.717) is 16.3 Å². The van der Waals surface area contributed by atoms with E-state index in [0.717, 1.165) is 5.56 Å². The summed E-state index contributed by atoms with van der Waals surface area (Å²) in [4.78, 5) is 25.3. The fourth-order valence-corrected chi connectivity index (χ4v) is 3.40. The zero-order valence-electron chi connectivity index (χ0n) is 16.9. The van der Waals surface area contributed by atoms with E-state index < -0.39 is 11.8 Å². The van der Waals surface area contributed by atoms with Gasteiger partial charge in [-0.15, -0.1) is 0 Å². The average Bonchev–Trinajstić information content (AvgIpc) is 2.78. The number of Topliss-reactive ketones (excluding diaryl/α,β-unsaturated/α-hetero) is 1. The van der Waals surface area contributed by atoms with Gasteiger partial charge in [0.25, 0.3) is 0 Å². The van der Waals surface area contributed by atoms with Gasteiger partial charge in [-0.1, -0.05) is 41.4 Å². The summed E-state index contributed by atoms with van der Waals surface area (Å²) in [6.45, 7) is 0. The summed E-state index contributed by atoms with van der Waals surface area (Å²) < 4.78 is 5.38. The molecule has 3 rings (SSSR count). The van der Waals surface area contributed by atoms with Gasteiger partial charge < -0.3 is 15.2 Å². The molecule has 164 valence electrons. The minimum absolute atomic E-state index is 0.0188. The van der Waals surface area contributed by atoms with E-state index in [-0.39, 0.29) is 34.4 Å². The summed E-state index contributed by atoms with van der Waals surface area (Å²) >= 11 is 11.8. The van der Waals surface area contributed by atoms with Crippen LogP contribution in [0.4, 0.5) is 5.69 Å². The van der Waals surface area contributed by atoms with Crippen LogP contribution >= 0.6 is 23.2 Å². The summed E-state index contributed by atoms with van der Waals surface area (Å²) in [5.41, 5.74) is 9.36. The Morgan fingerprint density at radius 1 is 1.09 bits per heavy atom. The zero-order valence-corrected chi connectivity index (χ0v) is 18.4. The second kappa shape index (κ2) is 10.3. The molecule has 7 nitrogen and oxygen atoms in total. The second-order valence-electron chi connectivity index (χ2n) is 6.87. The summed E-state index contributed by atoms with van der Waals surface area (Å²) in [5.74, 6) is -0.592. The van der Waals surface area contributed by atoms with Crippen molar-refractivity contribution in [1.82, 2.24) is 0 Å². The van der Waals surface area contributed by atoms with Crippen LogP contribution in [0, 0.1) is 5.53 Å². The van der Waals surface area contributed by atoms with E-state index in [9.17, 15) is 14.7 Å². The monoisotopic (exact) mass is 471 g/mol. The third kappa shape index (κ3) is 5.43. The maximum Gasteiger partial charge on any atom is 0.228 e. The molecule has 0 aliphatic rings. The van der Waals surface area contributed by atoms with Crippen molar-refractivity contribution in [3.63, 3.8) is 0 Å². The number of nitrogens with zero attached hydrogens (tertiary/aromatic N) is 1. The van der Waals surface area contributed by atoms with Crippen molar-refractivity contribution in [2.24, 2.45) is 5.11 Å². The molecule has 0 aromatic heterocycles. The number of halogens is 2. The van der Waals surface area contributed by atoms with Gasteiger partial charge in [-0.05, 0) is 42.0 Å². The van der Waals surface area contributed by atoms with Crippen LogP contribution in [-0.4, -0.2) is 23.9 Å². The molecule has 3 aromatic carbocycles. The Kier molecular flexibility index (Phi) is 7.45. The van der Waals surface area contributed by atoms with E-state index in [1.54, 1.807) is 42.5 Å². The van der Waals surface area contributed by atoms with Crippen molar-refractivity contribution >= 4 is 40.6 Å². The number of rotatable bonds is 8. The Morgan fingerprint density at radius 3 is 2.44 bits per heavy atom. The van der Waals surface area contributed by atoms with Crippen LogP contribution in [0.25, 0.3) is 0 Å². The minimum atomic E-state index is -1.18. The van der Waals surface area contributed by atoms with E-state index in [2.05, 4.69) is 10.4 Å². The maximum atomic E-state index is 12.9. The van der Waals surface area contributed by atoms with Crippen LogP contribution in [0.5, 0.6) is 11.5 Å². The number of benzene rings is 3. The first-order valence-corrected chi connectivity index (χ1v) is 10.2. The number of ketones is 1. The first kappa shape index (κ1) is 23.2. The molecule has 0 radical (unpaired) electrons. The number of nitrogens with one attached hydrogen (secondary N) is 2. The average molecular weight is 472 g/mol. The van der Waals surface area contributed by atoms with Crippen LogP contribution < -0.4 is 10.1 Å². The van der Waals surface area contributed by atoms with Gasteiger partial charge in [0.2, 0.25) is 5.91 Å². The van der Waals surface area contributed by atoms with Gasteiger partial charge in [0.1, 0.15) is 11.5 Å². The fraction of sp³-hybridized carbons (Fsp3) is 0.130. The lowest BCUT2D eigenvalue weighted by molar-refractivity contribution is -0.115. The lowest BCUT2D eigenvalue weighted by atomic mass is 9.97. The van der Waals surface area contributed by atoms with Gasteiger partial charge in [0.15, 0.2) is 11.8 Å². The fourth-order valence-electron chi connectivity index (χ4n) is 3.10. The predicted octanol–water partition coefficient (Wildman–Crippen LogP) is 5.84. The molecule has 0 spiro atoms. The molecule has 0 fully saturated rings. The van der Waals surface area contributed by atoms with Crippen molar-refractivity contribution in [1.29, 1.82) is 5.53 Å². The highest BCUT2D eigenvalue weighted by molar-refractivity contribution is 6.32. The number of methoxy groups -OCH3 is 1. The van der Waals surface area contributed by atoms with Crippen molar-refractivity contribution in [2.45, 2.75) is 12.5 Å². The Morgan fingerprint density at radius 2 is 1.81 bits per heavy atom. The van der Waals surface area contributed by atoms with E-state index in [4.69, 9.17) is 33.5 Å². The molecule has 32 heavy (non-hydrogen) atoms. The largest absolute Gasteiger partial charge is 0.506 e. The number of ether oxygens (including phenoxy) is 1. The molecule has 0 saturated heterocycles. The smallest absolute Gasteiger partial charge is 0.228 e. The predicted molar refractivity (Wildman–Crippen MR) is 122 cm³/mol. The van der Waals surface area contributed by atoms with Crippen LogP contribution in [0.1, 0.15) is 27.5 Å². The second-order valence-corrected chi connectivity index (χ2v) is 7.71. The molecule has 9 heteroatoms. The van der Waals surface area contributed by atoms with Crippen molar-refractivity contribution < 1.29 is 19.4 Å². The number of amides is 1. The van der Waals surface area contributed by atoms with Gasteiger partial charge in [-0.2, -0.15) is 5.11 Å². The van der Waals surface area contributed by atoms with E-state index in [1.165, 1.54) is 25.3 Å². The van der Waals surface area contributed by atoms with Gasteiger partial charge in [0, 0.05) is 27.9 Å². The third-order valence-electron chi connectivity index (χ3n) is 4.70. The molecule has 0 bridgehead atoms. The van der Waals surface area contributed by atoms with Crippen molar-refractivity contribution in [2.75, 3.05) is 12.4 Å². The highest BCUT2D eigenvalue weighted by Crippen LogP contribution is 2.34. The standard InChI is InChI=1S/C23H19Cl2N3O4/c1-32-20-12-16(27-21(30)10-13-2-5-15(24)6-3-13)7-8-17(20)22(28-26)23(31)14-4-9-19(29)18(25)11-14/h2-9,11-12,22,26,29H,10H2,1H3,(H,27,30). The Balaban J connectivity index is 1.80. The number of anilines is 1. The topological polar surface area (TPSA) is 112 Å². The van der Waals surface area contributed by atoms with Gasteiger partial charge in [-0.25, -0.2) is 5.53 Å². The van der Waals surface area contributed by atoms with Crippen molar-refractivity contribution in [3.8, 4) is 11.5 Å². The number of phenolic OH excluding ortho intramolecular Hbond substituents is 1. The molecule has 1 amide bonds.